The molecule has 0 spiro atoms. The SMILES string of the molecule is C=CCN1C(=O)c2cccc3c(NC(=O)CCl)ccc(c23)C1=O. The molecule has 0 atom stereocenters. The maximum Gasteiger partial charge on any atom is 0.261 e. The molecule has 0 unspecified atom stereocenters. The highest BCUT2D eigenvalue weighted by molar-refractivity contribution is 6.30. The van der Waals surface area contributed by atoms with E-state index in [1.807, 2.05) is 0 Å². The van der Waals surface area contributed by atoms with Gasteiger partial charge >= 0.3 is 0 Å². The van der Waals surface area contributed by atoms with Crippen molar-refractivity contribution in [3.05, 3.63) is 54.1 Å². The number of imide groups is 1. The van der Waals surface area contributed by atoms with Gasteiger partial charge in [-0.25, -0.2) is 0 Å². The Morgan fingerprint density at radius 3 is 2.52 bits per heavy atom. The van der Waals surface area contributed by atoms with Gasteiger partial charge in [0.25, 0.3) is 11.8 Å². The second kappa shape index (κ2) is 5.85. The first kappa shape index (κ1) is 15.2. The van der Waals surface area contributed by atoms with Gasteiger partial charge in [-0.1, -0.05) is 18.2 Å². The number of rotatable bonds is 4. The zero-order valence-corrected chi connectivity index (χ0v) is 12.9. The fourth-order valence-electron chi connectivity index (χ4n) is 2.73. The number of nitrogens with one attached hydrogen (secondary N) is 1. The number of nitrogens with zero attached hydrogens (tertiary/aromatic N) is 1. The van der Waals surface area contributed by atoms with Gasteiger partial charge < -0.3 is 5.32 Å². The molecule has 1 aliphatic rings. The van der Waals surface area contributed by atoms with Crippen LogP contribution in [0, 0.1) is 0 Å². The average molecular weight is 329 g/mol. The molecule has 5 nitrogen and oxygen atoms in total. The van der Waals surface area contributed by atoms with E-state index in [-0.39, 0.29) is 30.1 Å². The Balaban J connectivity index is 2.23. The first-order chi connectivity index (χ1) is 11.1. The number of amides is 3. The summed E-state index contributed by atoms with van der Waals surface area (Å²) >= 11 is 5.52. The maximum atomic E-state index is 12.5. The van der Waals surface area contributed by atoms with Crippen LogP contribution in [-0.2, 0) is 4.79 Å². The summed E-state index contributed by atoms with van der Waals surface area (Å²) in [7, 11) is 0. The van der Waals surface area contributed by atoms with Crippen LogP contribution in [0.2, 0.25) is 0 Å². The molecule has 0 bridgehead atoms. The predicted molar refractivity (Wildman–Crippen MR) is 88.9 cm³/mol. The number of benzene rings is 2. The van der Waals surface area contributed by atoms with Crippen LogP contribution in [0.4, 0.5) is 5.69 Å². The monoisotopic (exact) mass is 328 g/mol. The summed E-state index contributed by atoms with van der Waals surface area (Å²) in [6.45, 7) is 3.73. The fraction of sp³-hybridized carbons (Fsp3) is 0.118. The quantitative estimate of drug-likeness (QED) is 0.533. The van der Waals surface area contributed by atoms with Crippen molar-refractivity contribution in [2.75, 3.05) is 17.7 Å². The summed E-state index contributed by atoms with van der Waals surface area (Å²) in [5.41, 5.74) is 1.39. The van der Waals surface area contributed by atoms with Crippen molar-refractivity contribution in [3.8, 4) is 0 Å². The molecule has 23 heavy (non-hydrogen) atoms. The van der Waals surface area contributed by atoms with E-state index in [1.54, 1.807) is 30.3 Å². The van der Waals surface area contributed by atoms with E-state index in [9.17, 15) is 14.4 Å². The lowest BCUT2D eigenvalue weighted by Crippen LogP contribution is -2.40. The van der Waals surface area contributed by atoms with Gasteiger partial charge in [0.1, 0.15) is 5.88 Å². The number of alkyl halides is 1. The molecule has 0 saturated heterocycles. The topological polar surface area (TPSA) is 66.5 Å². The summed E-state index contributed by atoms with van der Waals surface area (Å²) in [4.78, 5) is 37.8. The molecule has 2 aromatic rings. The second-order valence-electron chi connectivity index (χ2n) is 5.08. The molecule has 2 aromatic carbocycles. The van der Waals surface area contributed by atoms with Crippen LogP contribution in [0.25, 0.3) is 10.8 Å². The standard InChI is InChI=1S/C17H13ClN2O3/c1-2-8-20-16(22)11-5-3-4-10-13(19-14(21)9-18)7-6-12(15(10)11)17(20)23/h2-7H,1,8-9H2,(H,19,21). The Labute approximate surface area is 137 Å². The molecule has 1 heterocycles. The van der Waals surface area contributed by atoms with Crippen LogP contribution >= 0.6 is 11.6 Å². The Morgan fingerprint density at radius 1 is 1.17 bits per heavy atom. The molecule has 3 rings (SSSR count). The smallest absolute Gasteiger partial charge is 0.261 e. The van der Waals surface area contributed by atoms with E-state index >= 15 is 0 Å². The zero-order valence-electron chi connectivity index (χ0n) is 12.1. The van der Waals surface area contributed by atoms with Crippen LogP contribution in [0.5, 0.6) is 0 Å². The van der Waals surface area contributed by atoms with Crippen molar-refractivity contribution in [2.45, 2.75) is 0 Å². The number of hydrogen-bond donors (Lipinski definition) is 1. The molecule has 0 aromatic heterocycles. The van der Waals surface area contributed by atoms with Crippen LogP contribution in [0.3, 0.4) is 0 Å². The number of halogens is 1. The Morgan fingerprint density at radius 2 is 1.87 bits per heavy atom. The molecule has 0 radical (unpaired) electrons. The van der Waals surface area contributed by atoms with Crippen molar-refractivity contribution in [1.82, 2.24) is 4.90 Å². The number of anilines is 1. The summed E-state index contributed by atoms with van der Waals surface area (Å²) in [5.74, 6) is -1.26. The first-order valence-electron chi connectivity index (χ1n) is 6.97. The summed E-state index contributed by atoms with van der Waals surface area (Å²) in [5, 5.41) is 3.87. The lowest BCUT2D eigenvalue weighted by Gasteiger charge is -2.26. The molecule has 0 saturated carbocycles. The molecular formula is C17H13ClN2O3. The van der Waals surface area contributed by atoms with E-state index in [0.717, 1.165) is 4.90 Å². The Kier molecular flexibility index (Phi) is 3.88. The van der Waals surface area contributed by atoms with Crippen LogP contribution in [0.1, 0.15) is 20.7 Å². The van der Waals surface area contributed by atoms with Gasteiger partial charge in [0, 0.05) is 34.1 Å². The van der Waals surface area contributed by atoms with Crippen molar-refractivity contribution in [3.63, 3.8) is 0 Å². The predicted octanol–water partition coefficient (Wildman–Crippen LogP) is 2.80. The molecule has 1 N–H and O–H groups in total. The zero-order chi connectivity index (χ0) is 16.6. The molecule has 3 amide bonds. The van der Waals surface area contributed by atoms with E-state index < -0.39 is 0 Å². The molecule has 1 aliphatic heterocycles. The Bertz CT molecular complexity index is 838. The largest absolute Gasteiger partial charge is 0.324 e. The van der Waals surface area contributed by atoms with Gasteiger partial charge in [-0.05, 0) is 18.2 Å². The minimum atomic E-state index is -0.367. The van der Waals surface area contributed by atoms with E-state index in [4.69, 9.17) is 11.6 Å². The van der Waals surface area contributed by atoms with Crippen LogP contribution < -0.4 is 5.32 Å². The van der Waals surface area contributed by atoms with E-state index in [0.29, 0.717) is 27.6 Å². The third kappa shape index (κ3) is 2.39. The Hall–Kier alpha value is -2.66. The van der Waals surface area contributed by atoms with E-state index in [2.05, 4.69) is 11.9 Å². The van der Waals surface area contributed by atoms with Crippen molar-refractivity contribution in [2.24, 2.45) is 0 Å². The van der Waals surface area contributed by atoms with Gasteiger partial charge in [-0.3, -0.25) is 19.3 Å². The summed E-state index contributed by atoms with van der Waals surface area (Å²) in [6.07, 6.45) is 1.51. The fourth-order valence-corrected chi connectivity index (χ4v) is 2.80. The first-order valence-corrected chi connectivity index (χ1v) is 7.50. The van der Waals surface area contributed by atoms with Gasteiger partial charge in [0.15, 0.2) is 0 Å². The minimum absolute atomic E-state index is 0.151. The highest BCUT2D eigenvalue weighted by atomic mass is 35.5. The lowest BCUT2D eigenvalue weighted by molar-refractivity contribution is -0.113. The van der Waals surface area contributed by atoms with Crippen LogP contribution in [0.15, 0.2) is 43.0 Å². The third-order valence-corrected chi connectivity index (χ3v) is 3.94. The average Bonchev–Trinajstić information content (AvgIpc) is 2.57. The van der Waals surface area contributed by atoms with Gasteiger partial charge in [0.2, 0.25) is 5.91 Å². The third-order valence-electron chi connectivity index (χ3n) is 3.70. The molecule has 0 fully saturated rings. The molecular weight excluding hydrogens is 316 g/mol. The van der Waals surface area contributed by atoms with Crippen molar-refractivity contribution < 1.29 is 14.4 Å². The maximum absolute atomic E-state index is 12.5. The van der Waals surface area contributed by atoms with Gasteiger partial charge in [-0.2, -0.15) is 0 Å². The van der Waals surface area contributed by atoms with Crippen molar-refractivity contribution >= 4 is 45.8 Å². The normalized spacial score (nSPS) is 13.3. The summed E-state index contributed by atoms with van der Waals surface area (Å²) in [6, 6.07) is 8.41. The number of carbonyl (C=O) groups excluding carboxylic acids is 3. The van der Waals surface area contributed by atoms with Crippen molar-refractivity contribution in [1.29, 1.82) is 0 Å². The number of carbonyl (C=O) groups is 3. The minimum Gasteiger partial charge on any atom is -0.324 e. The molecule has 0 aliphatic carbocycles. The van der Waals surface area contributed by atoms with Gasteiger partial charge in [-0.15, -0.1) is 18.2 Å². The second-order valence-corrected chi connectivity index (χ2v) is 5.35. The summed E-state index contributed by atoms with van der Waals surface area (Å²) < 4.78 is 0. The number of hydrogen-bond acceptors (Lipinski definition) is 3. The molecule has 116 valence electrons. The highest BCUT2D eigenvalue weighted by Crippen LogP contribution is 2.34. The van der Waals surface area contributed by atoms with Crippen LogP contribution in [-0.4, -0.2) is 35.0 Å². The van der Waals surface area contributed by atoms with E-state index in [1.165, 1.54) is 6.08 Å². The van der Waals surface area contributed by atoms with Gasteiger partial charge in [0.05, 0.1) is 0 Å². The highest BCUT2D eigenvalue weighted by Gasteiger charge is 2.32. The lowest BCUT2D eigenvalue weighted by atomic mass is 9.93. The molecule has 6 heteroatoms.